The normalized spacial score (nSPS) is 11.8. The van der Waals surface area contributed by atoms with Gasteiger partial charge in [0.15, 0.2) is 0 Å². The first-order chi connectivity index (χ1) is 12.6. The van der Waals surface area contributed by atoms with Crippen molar-refractivity contribution in [1.29, 1.82) is 0 Å². The third-order valence-corrected chi connectivity index (χ3v) is 4.38. The van der Waals surface area contributed by atoms with Gasteiger partial charge in [0.2, 0.25) is 5.91 Å². The number of aryl methyl sites for hydroxylation is 1. The van der Waals surface area contributed by atoms with Crippen LogP contribution in [0.4, 0.5) is 0 Å². The number of carbonyl (C=O) groups is 2. The molecule has 132 valence electrons. The molecule has 0 saturated carbocycles. The van der Waals surface area contributed by atoms with Gasteiger partial charge in [-0.15, -0.1) is 0 Å². The third-order valence-electron chi connectivity index (χ3n) is 4.38. The average molecular weight is 347 g/mol. The van der Waals surface area contributed by atoms with Crippen molar-refractivity contribution in [2.24, 2.45) is 0 Å². The van der Waals surface area contributed by atoms with Gasteiger partial charge in [0, 0.05) is 0 Å². The van der Waals surface area contributed by atoms with Crippen LogP contribution in [0.2, 0.25) is 0 Å². The van der Waals surface area contributed by atoms with Crippen molar-refractivity contribution in [1.82, 2.24) is 5.32 Å². The number of carbonyl (C=O) groups excluding carboxylic acids is 1. The van der Waals surface area contributed by atoms with Crippen LogP contribution in [0, 0.1) is 0 Å². The van der Waals surface area contributed by atoms with Gasteiger partial charge in [0.1, 0.15) is 6.04 Å². The number of hydrogen-bond donors (Lipinski definition) is 2. The lowest BCUT2D eigenvalue weighted by atomic mass is 10.0. The van der Waals surface area contributed by atoms with Crippen LogP contribution in [0.5, 0.6) is 0 Å². The highest BCUT2D eigenvalue weighted by molar-refractivity contribution is 5.87. The lowest BCUT2D eigenvalue weighted by Crippen LogP contribution is -2.41. The Kier molecular flexibility index (Phi) is 5.64. The van der Waals surface area contributed by atoms with Crippen molar-refractivity contribution < 1.29 is 14.7 Å². The Morgan fingerprint density at radius 3 is 2.27 bits per heavy atom. The van der Waals surface area contributed by atoms with Crippen LogP contribution in [-0.4, -0.2) is 23.0 Å². The maximum absolute atomic E-state index is 12.3. The fourth-order valence-electron chi connectivity index (χ4n) is 2.99. The van der Waals surface area contributed by atoms with E-state index < -0.39 is 12.0 Å². The zero-order valence-electron chi connectivity index (χ0n) is 14.4. The van der Waals surface area contributed by atoms with Crippen molar-refractivity contribution in [2.45, 2.75) is 25.3 Å². The Labute approximate surface area is 152 Å². The number of carboxylic acid groups (broad SMARTS) is 1. The number of amides is 1. The SMILES string of the molecule is O=C(Cc1ccc2ccccc2c1)N[C@@H](CCc1ccccc1)C(=O)O. The van der Waals surface area contributed by atoms with Crippen molar-refractivity contribution in [3.8, 4) is 0 Å². The first-order valence-electron chi connectivity index (χ1n) is 8.65. The van der Waals surface area contributed by atoms with Gasteiger partial charge in [0.25, 0.3) is 0 Å². The highest BCUT2D eigenvalue weighted by atomic mass is 16.4. The fraction of sp³-hybridized carbons (Fsp3) is 0.182. The molecule has 1 amide bonds. The van der Waals surface area contributed by atoms with Gasteiger partial charge in [0.05, 0.1) is 6.42 Å². The van der Waals surface area contributed by atoms with Gasteiger partial charge in [-0.2, -0.15) is 0 Å². The van der Waals surface area contributed by atoms with E-state index in [-0.39, 0.29) is 12.3 Å². The second-order valence-electron chi connectivity index (χ2n) is 6.34. The highest BCUT2D eigenvalue weighted by Gasteiger charge is 2.19. The molecule has 4 heteroatoms. The summed E-state index contributed by atoms with van der Waals surface area (Å²) in [5.41, 5.74) is 1.93. The highest BCUT2D eigenvalue weighted by Crippen LogP contribution is 2.16. The molecule has 0 radical (unpaired) electrons. The van der Waals surface area contributed by atoms with Crippen LogP contribution in [0.1, 0.15) is 17.5 Å². The van der Waals surface area contributed by atoms with Crippen molar-refractivity contribution in [2.75, 3.05) is 0 Å². The summed E-state index contributed by atoms with van der Waals surface area (Å²) in [5, 5.41) is 14.2. The van der Waals surface area contributed by atoms with Crippen LogP contribution in [-0.2, 0) is 22.4 Å². The Bertz CT molecular complexity index is 905. The lowest BCUT2D eigenvalue weighted by Gasteiger charge is -2.15. The predicted octanol–water partition coefficient (Wildman–Crippen LogP) is 3.58. The Morgan fingerprint density at radius 1 is 0.846 bits per heavy atom. The molecule has 0 aliphatic heterocycles. The number of rotatable bonds is 7. The minimum atomic E-state index is -1.01. The third kappa shape index (κ3) is 4.70. The first-order valence-corrected chi connectivity index (χ1v) is 8.65. The number of hydrogen-bond acceptors (Lipinski definition) is 2. The number of aliphatic carboxylic acids is 1. The maximum atomic E-state index is 12.3. The molecule has 0 unspecified atom stereocenters. The summed E-state index contributed by atoms with van der Waals surface area (Å²) < 4.78 is 0. The zero-order chi connectivity index (χ0) is 18.4. The topological polar surface area (TPSA) is 66.4 Å². The van der Waals surface area contributed by atoms with E-state index in [0.717, 1.165) is 21.9 Å². The molecule has 0 bridgehead atoms. The summed E-state index contributed by atoms with van der Waals surface area (Å²) in [4.78, 5) is 23.8. The van der Waals surface area contributed by atoms with Crippen molar-refractivity contribution in [3.63, 3.8) is 0 Å². The van der Waals surface area contributed by atoms with Gasteiger partial charge in [-0.25, -0.2) is 4.79 Å². The van der Waals surface area contributed by atoms with Gasteiger partial charge in [-0.05, 0) is 34.7 Å². The predicted molar refractivity (Wildman–Crippen MR) is 102 cm³/mol. The van der Waals surface area contributed by atoms with E-state index in [2.05, 4.69) is 5.32 Å². The van der Waals surface area contributed by atoms with Crippen molar-refractivity contribution >= 4 is 22.6 Å². The summed E-state index contributed by atoms with van der Waals surface area (Å²) in [6, 6.07) is 22.6. The van der Waals surface area contributed by atoms with E-state index in [0.29, 0.717) is 12.8 Å². The number of benzene rings is 3. The molecule has 4 nitrogen and oxygen atoms in total. The average Bonchev–Trinajstić information content (AvgIpc) is 2.65. The van der Waals surface area contributed by atoms with Gasteiger partial charge >= 0.3 is 5.97 Å². The molecule has 0 saturated heterocycles. The van der Waals surface area contributed by atoms with Crippen molar-refractivity contribution in [3.05, 3.63) is 83.9 Å². The second kappa shape index (κ2) is 8.30. The van der Waals surface area contributed by atoms with Crippen LogP contribution in [0.3, 0.4) is 0 Å². The van der Waals surface area contributed by atoms with Crippen LogP contribution in [0.15, 0.2) is 72.8 Å². The van der Waals surface area contributed by atoms with E-state index in [4.69, 9.17) is 0 Å². The van der Waals surface area contributed by atoms with Crippen LogP contribution >= 0.6 is 0 Å². The largest absolute Gasteiger partial charge is 0.480 e. The molecule has 3 aromatic rings. The number of nitrogens with one attached hydrogen (secondary N) is 1. The Hall–Kier alpha value is -3.14. The number of carboxylic acids is 1. The zero-order valence-corrected chi connectivity index (χ0v) is 14.4. The fourth-order valence-corrected chi connectivity index (χ4v) is 2.99. The molecule has 0 heterocycles. The molecule has 3 aromatic carbocycles. The Balaban J connectivity index is 1.60. The molecule has 1 atom stereocenters. The van der Waals surface area contributed by atoms with E-state index in [1.807, 2.05) is 72.8 Å². The van der Waals surface area contributed by atoms with Crippen LogP contribution < -0.4 is 5.32 Å². The van der Waals surface area contributed by atoms with Gasteiger partial charge in [-0.3, -0.25) is 4.79 Å². The minimum Gasteiger partial charge on any atom is -0.480 e. The second-order valence-corrected chi connectivity index (χ2v) is 6.34. The molecular weight excluding hydrogens is 326 g/mol. The maximum Gasteiger partial charge on any atom is 0.326 e. The summed E-state index contributed by atoms with van der Waals surface area (Å²) in [6.07, 6.45) is 1.14. The Morgan fingerprint density at radius 2 is 1.54 bits per heavy atom. The molecule has 0 spiro atoms. The smallest absolute Gasteiger partial charge is 0.326 e. The molecule has 26 heavy (non-hydrogen) atoms. The van der Waals surface area contributed by atoms with Gasteiger partial charge < -0.3 is 10.4 Å². The van der Waals surface area contributed by atoms with Gasteiger partial charge in [-0.1, -0.05) is 72.8 Å². The lowest BCUT2D eigenvalue weighted by molar-refractivity contribution is -0.141. The minimum absolute atomic E-state index is 0.167. The molecule has 3 rings (SSSR count). The van der Waals surface area contributed by atoms with E-state index in [1.54, 1.807) is 0 Å². The summed E-state index contributed by atoms with van der Waals surface area (Å²) in [5.74, 6) is -1.28. The quantitative estimate of drug-likeness (QED) is 0.686. The van der Waals surface area contributed by atoms with E-state index in [1.165, 1.54) is 0 Å². The molecule has 0 aliphatic rings. The molecular formula is C22H21NO3. The monoisotopic (exact) mass is 347 g/mol. The summed E-state index contributed by atoms with van der Waals surface area (Å²) >= 11 is 0. The summed E-state index contributed by atoms with van der Waals surface area (Å²) in [7, 11) is 0. The first kappa shape index (κ1) is 17.7. The molecule has 0 aliphatic carbocycles. The molecule has 2 N–H and O–H groups in total. The van der Waals surface area contributed by atoms with Crippen LogP contribution in [0.25, 0.3) is 10.8 Å². The van der Waals surface area contributed by atoms with E-state index in [9.17, 15) is 14.7 Å². The molecule has 0 fully saturated rings. The molecule has 0 aromatic heterocycles. The standard InChI is InChI=1S/C22H21NO3/c24-21(15-17-10-12-18-8-4-5-9-19(18)14-17)23-20(22(25)26)13-11-16-6-2-1-3-7-16/h1-10,12,14,20H,11,13,15H2,(H,23,24)(H,25,26)/t20-/m0/s1. The number of fused-ring (bicyclic) bond motifs is 1. The van der Waals surface area contributed by atoms with E-state index >= 15 is 0 Å². The summed E-state index contributed by atoms with van der Waals surface area (Å²) in [6.45, 7) is 0.